The lowest BCUT2D eigenvalue weighted by atomic mass is 10.3. The van der Waals surface area contributed by atoms with Crippen LogP contribution in [0.5, 0.6) is 0 Å². The molecule has 1 N–H and O–H groups in total. The average molecular weight is 313 g/mol. The molecular weight excluding hydrogens is 299 g/mol. The third kappa shape index (κ3) is 3.14. The second-order valence-electron chi connectivity index (χ2n) is 3.93. The fourth-order valence-corrected chi connectivity index (χ4v) is 1.90. The quantitative estimate of drug-likeness (QED) is 0.863. The fraction of sp³-hybridized carbons (Fsp3) is 0.333. The molecule has 0 aliphatic heterocycles. The Morgan fingerprint density at radius 3 is 3.06 bits per heavy atom. The number of hydrogen-bond acceptors (Lipinski definition) is 3. The van der Waals surface area contributed by atoms with Crippen LogP contribution >= 0.6 is 15.9 Å². The molecule has 0 atom stereocenters. The molecule has 0 saturated carbocycles. The van der Waals surface area contributed by atoms with Crippen LogP contribution in [-0.2, 0) is 6.54 Å². The zero-order chi connectivity index (χ0) is 13.0. The van der Waals surface area contributed by atoms with E-state index in [2.05, 4.69) is 38.5 Å². The van der Waals surface area contributed by atoms with Crippen molar-refractivity contribution in [2.24, 2.45) is 0 Å². The van der Waals surface area contributed by atoms with E-state index in [1.165, 1.54) is 10.7 Å². The van der Waals surface area contributed by atoms with Crippen molar-refractivity contribution in [3.05, 3.63) is 40.4 Å². The number of halogens is 2. The molecule has 2 rings (SSSR count). The van der Waals surface area contributed by atoms with E-state index in [9.17, 15) is 4.39 Å². The summed E-state index contributed by atoms with van der Waals surface area (Å²) >= 11 is 3.31. The third-order valence-electron chi connectivity index (χ3n) is 2.43. The Morgan fingerprint density at radius 2 is 2.28 bits per heavy atom. The number of nitrogens with zero attached hydrogens (tertiary/aromatic N) is 3. The number of nitrogens with one attached hydrogen (secondary N) is 1. The summed E-state index contributed by atoms with van der Waals surface area (Å²) in [5, 5.41) is 11.2. The highest BCUT2D eigenvalue weighted by Crippen LogP contribution is 2.18. The lowest BCUT2D eigenvalue weighted by molar-refractivity contribution is 0.606. The van der Waals surface area contributed by atoms with Crippen molar-refractivity contribution in [2.75, 3.05) is 6.54 Å². The molecule has 2 aromatic rings. The maximum Gasteiger partial charge on any atom is 0.148 e. The number of benzene rings is 1. The van der Waals surface area contributed by atoms with Crippen molar-refractivity contribution in [3.63, 3.8) is 0 Å². The molecule has 0 radical (unpaired) electrons. The maximum absolute atomic E-state index is 13.6. The summed E-state index contributed by atoms with van der Waals surface area (Å²) in [6.45, 7) is 3.67. The highest BCUT2D eigenvalue weighted by molar-refractivity contribution is 9.10. The molecule has 1 aromatic carbocycles. The zero-order valence-corrected chi connectivity index (χ0v) is 11.6. The first-order chi connectivity index (χ1) is 8.70. The van der Waals surface area contributed by atoms with E-state index in [0.29, 0.717) is 12.2 Å². The van der Waals surface area contributed by atoms with Gasteiger partial charge in [-0.05, 0) is 31.2 Å². The standard InChI is InChI=1S/C12H14BrFN4/c1-2-5-15-7-10-8-18(17-16-10)12-6-9(13)3-4-11(12)14/h3-4,6,8,15H,2,5,7H2,1H3. The first-order valence-corrected chi connectivity index (χ1v) is 6.57. The van der Waals surface area contributed by atoms with Gasteiger partial charge in [0.2, 0.25) is 0 Å². The smallest absolute Gasteiger partial charge is 0.148 e. The van der Waals surface area contributed by atoms with Crippen LogP contribution in [0.2, 0.25) is 0 Å². The van der Waals surface area contributed by atoms with Gasteiger partial charge in [-0.25, -0.2) is 9.07 Å². The van der Waals surface area contributed by atoms with E-state index >= 15 is 0 Å². The molecule has 0 bridgehead atoms. The topological polar surface area (TPSA) is 42.7 Å². The Balaban J connectivity index is 2.16. The van der Waals surface area contributed by atoms with Crippen LogP contribution in [0.1, 0.15) is 19.0 Å². The summed E-state index contributed by atoms with van der Waals surface area (Å²) in [5.41, 5.74) is 1.18. The van der Waals surface area contributed by atoms with Crippen LogP contribution < -0.4 is 5.32 Å². The minimum atomic E-state index is -0.323. The molecule has 0 aliphatic carbocycles. The van der Waals surface area contributed by atoms with Gasteiger partial charge in [-0.1, -0.05) is 28.1 Å². The highest BCUT2D eigenvalue weighted by atomic mass is 79.9. The number of hydrogen-bond donors (Lipinski definition) is 1. The summed E-state index contributed by atoms with van der Waals surface area (Å²) in [6.07, 6.45) is 2.79. The molecule has 0 fully saturated rings. The molecule has 1 aromatic heterocycles. The van der Waals surface area contributed by atoms with Crippen LogP contribution in [0.15, 0.2) is 28.9 Å². The van der Waals surface area contributed by atoms with E-state index in [4.69, 9.17) is 0 Å². The molecule has 18 heavy (non-hydrogen) atoms. The van der Waals surface area contributed by atoms with Gasteiger partial charge in [0.25, 0.3) is 0 Å². The van der Waals surface area contributed by atoms with Gasteiger partial charge in [0.1, 0.15) is 11.5 Å². The molecule has 0 amide bonds. The monoisotopic (exact) mass is 312 g/mol. The summed E-state index contributed by atoms with van der Waals surface area (Å²) in [7, 11) is 0. The Bertz CT molecular complexity index is 527. The molecule has 0 spiro atoms. The van der Waals surface area contributed by atoms with Crippen molar-refractivity contribution in [1.82, 2.24) is 20.3 Å². The van der Waals surface area contributed by atoms with Crippen molar-refractivity contribution < 1.29 is 4.39 Å². The van der Waals surface area contributed by atoms with E-state index in [-0.39, 0.29) is 5.82 Å². The molecular formula is C12H14BrFN4. The van der Waals surface area contributed by atoms with Gasteiger partial charge in [0.15, 0.2) is 0 Å². The van der Waals surface area contributed by atoms with Gasteiger partial charge in [-0.15, -0.1) is 5.10 Å². The predicted molar refractivity (Wildman–Crippen MR) is 71.0 cm³/mol. The van der Waals surface area contributed by atoms with Crippen molar-refractivity contribution in [3.8, 4) is 5.69 Å². The molecule has 0 unspecified atom stereocenters. The average Bonchev–Trinajstić information content (AvgIpc) is 2.81. The van der Waals surface area contributed by atoms with E-state index in [1.54, 1.807) is 18.3 Å². The lowest BCUT2D eigenvalue weighted by Crippen LogP contribution is -2.13. The number of rotatable bonds is 5. The minimum Gasteiger partial charge on any atom is -0.311 e. The molecule has 0 saturated heterocycles. The largest absolute Gasteiger partial charge is 0.311 e. The second kappa shape index (κ2) is 6.06. The highest BCUT2D eigenvalue weighted by Gasteiger charge is 2.08. The van der Waals surface area contributed by atoms with Gasteiger partial charge >= 0.3 is 0 Å². The maximum atomic E-state index is 13.6. The predicted octanol–water partition coefficient (Wildman–Crippen LogP) is 2.67. The Hall–Kier alpha value is -1.27. The van der Waals surface area contributed by atoms with Crippen molar-refractivity contribution in [1.29, 1.82) is 0 Å². The normalized spacial score (nSPS) is 10.8. The first-order valence-electron chi connectivity index (χ1n) is 5.78. The van der Waals surface area contributed by atoms with Gasteiger partial charge < -0.3 is 5.32 Å². The SMILES string of the molecule is CCCNCc1cn(-c2cc(Br)ccc2F)nn1. The fourth-order valence-electron chi connectivity index (χ4n) is 1.55. The summed E-state index contributed by atoms with van der Waals surface area (Å²) in [6, 6.07) is 4.73. The summed E-state index contributed by atoms with van der Waals surface area (Å²) in [5.74, 6) is -0.323. The molecule has 6 heteroatoms. The van der Waals surface area contributed by atoms with Crippen molar-refractivity contribution in [2.45, 2.75) is 19.9 Å². The third-order valence-corrected chi connectivity index (χ3v) is 2.92. The molecule has 1 heterocycles. The van der Waals surface area contributed by atoms with Crippen molar-refractivity contribution >= 4 is 15.9 Å². The van der Waals surface area contributed by atoms with Gasteiger partial charge in [-0.3, -0.25) is 0 Å². The summed E-state index contributed by atoms with van der Waals surface area (Å²) in [4.78, 5) is 0. The molecule has 96 valence electrons. The minimum absolute atomic E-state index is 0.323. The molecule has 0 aliphatic rings. The lowest BCUT2D eigenvalue weighted by Gasteiger charge is -2.02. The Morgan fingerprint density at radius 1 is 1.44 bits per heavy atom. The van der Waals surface area contributed by atoms with Crippen LogP contribution in [0.25, 0.3) is 5.69 Å². The Labute approximate surface area is 113 Å². The van der Waals surface area contributed by atoms with Crippen LogP contribution in [0.3, 0.4) is 0 Å². The summed E-state index contributed by atoms with van der Waals surface area (Å²) < 4.78 is 15.9. The van der Waals surface area contributed by atoms with Gasteiger partial charge in [0, 0.05) is 11.0 Å². The van der Waals surface area contributed by atoms with Gasteiger partial charge in [0.05, 0.1) is 11.9 Å². The van der Waals surface area contributed by atoms with Crippen LogP contribution in [0, 0.1) is 5.82 Å². The van der Waals surface area contributed by atoms with E-state index in [1.807, 2.05) is 0 Å². The van der Waals surface area contributed by atoms with Gasteiger partial charge in [-0.2, -0.15) is 0 Å². The second-order valence-corrected chi connectivity index (χ2v) is 4.84. The van der Waals surface area contributed by atoms with E-state index in [0.717, 1.165) is 23.1 Å². The van der Waals surface area contributed by atoms with E-state index < -0.39 is 0 Å². The Kier molecular flexibility index (Phi) is 4.43. The number of aromatic nitrogens is 3. The first kappa shape index (κ1) is 13.2. The zero-order valence-electron chi connectivity index (χ0n) is 10.0. The molecule has 4 nitrogen and oxygen atoms in total. The van der Waals surface area contributed by atoms with Crippen LogP contribution in [0.4, 0.5) is 4.39 Å². The van der Waals surface area contributed by atoms with Crippen LogP contribution in [-0.4, -0.2) is 21.5 Å².